The van der Waals surface area contributed by atoms with Gasteiger partial charge in [-0.25, -0.2) is 0 Å². The van der Waals surface area contributed by atoms with Gasteiger partial charge in [0.2, 0.25) is 0 Å². The van der Waals surface area contributed by atoms with Gasteiger partial charge in [0, 0.05) is 11.1 Å². The van der Waals surface area contributed by atoms with Crippen LogP contribution in [0.15, 0.2) is 66.2 Å². The van der Waals surface area contributed by atoms with Gasteiger partial charge in [-0.15, -0.1) is 0 Å². The molecule has 39 heavy (non-hydrogen) atoms. The maximum Gasteiger partial charge on any atom is 0.295 e. The summed E-state index contributed by atoms with van der Waals surface area (Å²) in [5, 5.41) is 11.7. The van der Waals surface area contributed by atoms with E-state index in [0.29, 0.717) is 35.0 Å². The molecule has 1 atom stereocenters. The highest BCUT2D eigenvalue weighted by atomic mass is 16.5. The molecule has 1 unspecified atom stereocenters. The van der Waals surface area contributed by atoms with Gasteiger partial charge >= 0.3 is 0 Å². The van der Waals surface area contributed by atoms with Gasteiger partial charge in [0.1, 0.15) is 23.0 Å². The molecular weight excluding hydrogens is 494 g/mol. The van der Waals surface area contributed by atoms with Crippen LogP contribution < -0.4 is 14.2 Å². The minimum Gasteiger partial charge on any atom is -0.507 e. The Morgan fingerprint density at radius 2 is 1.64 bits per heavy atom. The number of methoxy groups -OCH3 is 2. The maximum atomic E-state index is 13.6. The van der Waals surface area contributed by atoms with Crippen LogP contribution in [-0.2, 0) is 16.1 Å². The fraction of sp³-hybridized carbons (Fsp3) is 0.312. The first-order valence-electron chi connectivity index (χ1n) is 13.0. The minimum atomic E-state index is -0.811. The molecular formula is C32H35NO6. The van der Waals surface area contributed by atoms with Crippen molar-refractivity contribution in [3.05, 3.63) is 94.1 Å². The molecule has 0 bridgehead atoms. The second-order valence-electron chi connectivity index (χ2n) is 9.80. The molecule has 7 heteroatoms. The van der Waals surface area contributed by atoms with Crippen molar-refractivity contribution in [2.45, 2.75) is 46.2 Å². The highest BCUT2D eigenvalue weighted by molar-refractivity contribution is 6.46. The fourth-order valence-corrected chi connectivity index (χ4v) is 5.05. The summed E-state index contributed by atoms with van der Waals surface area (Å²) in [5.74, 6) is 0.477. The predicted molar refractivity (Wildman–Crippen MR) is 150 cm³/mol. The van der Waals surface area contributed by atoms with Crippen LogP contribution in [0.3, 0.4) is 0 Å². The number of ether oxygens (including phenoxy) is 3. The molecule has 7 nitrogen and oxygen atoms in total. The first kappa shape index (κ1) is 27.8. The van der Waals surface area contributed by atoms with E-state index >= 15 is 0 Å². The van der Waals surface area contributed by atoms with Crippen molar-refractivity contribution < 1.29 is 28.9 Å². The van der Waals surface area contributed by atoms with Crippen molar-refractivity contribution in [3.63, 3.8) is 0 Å². The van der Waals surface area contributed by atoms with Crippen LogP contribution in [0.1, 0.15) is 60.5 Å². The molecule has 1 heterocycles. The second-order valence-corrected chi connectivity index (χ2v) is 9.80. The number of hydrogen-bond donors (Lipinski definition) is 1. The quantitative estimate of drug-likeness (QED) is 0.203. The molecule has 4 rings (SSSR count). The number of aryl methyl sites for hydroxylation is 1. The van der Waals surface area contributed by atoms with Crippen LogP contribution in [0.25, 0.3) is 5.76 Å². The van der Waals surface area contributed by atoms with Crippen molar-refractivity contribution >= 4 is 17.4 Å². The lowest BCUT2D eigenvalue weighted by Crippen LogP contribution is -2.29. The zero-order chi connectivity index (χ0) is 28.3. The maximum absolute atomic E-state index is 13.6. The lowest BCUT2D eigenvalue weighted by molar-refractivity contribution is -0.140. The number of aliphatic hydroxyl groups is 1. The average molecular weight is 530 g/mol. The number of likely N-dealkylation sites (tertiary alicyclic amines) is 1. The van der Waals surface area contributed by atoms with Crippen molar-refractivity contribution in [2.75, 3.05) is 20.8 Å². The summed E-state index contributed by atoms with van der Waals surface area (Å²) in [6, 6.07) is 17.5. The molecule has 1 aliphatic rings. The summed E-state index contributed by atoms with van der Waals surface area (Å²) in [6.07, 6.45) is 0. The molecule has 1 aliphatic heterocycles. The van der Waals surface area contributed by atoms with E-state index < -0.39 is 17.7 Å². The van der Waals surface area contributed by atoms with Crippen LogP contribution in [0, 0.1) is 6.92 Å². The van der Waals surface area contributed by atoms with E-state index in [1.807, 2.05) is 76.2 Å². The third-order valence-corrected chi connectivity index (χ3v) is 7.03. The van der Waals surface area contributed by atoms with E-state index in [2.05, 4.69) is 0 Å². The van der Waals surface area contributed by atoms with Crippen LogP contribution in [0.4, 0.5) is 0 Å². The van der Waals surface area contributed by atoms with Gasteiger partial charge in [-0.2, -0.15) is 0 Å². The number of para-hydroxylation sites is 1. The van der Waals surface area contributed by atoms with Crippen LogP contribution >= 0.6 is 0 Å². The first-order chi connectivity index (χ1) is 18.7. The average Bonchev–Trinajstić information content (AvgIpc) is 3.18. The Kier molecular flexibility index (Phi) is 8.29. The summed E-state index contributed by atoms with van der Waals surface area (Å²) in [5.41, 5.74) is 3.60. The van der Waals surface area contributed by atoms with E-state index in [-0.39, 0.29) is 23.8 Å². The number of ketones is 1. The van der Waals surface area contributed by atoms with E-state index in [1.54, 1.807) is 26.4 Å². The number of amides is 1. The molecule has 1 N–H and O–H groups in total. The third-order valence-electron chi connectivity index (χ3n) is 7.03. The number of hydrogen-bond acceptors (Lipinski definition) is 6. The Labute approximate surface area is 229 Å². The predicted octanol–water partition coefficient (Wildman–Crippen LogP) is 6.16. The van der Waals surface area contributed by atoms with Gasteiger partial charge in [0.25, 0.3) is 11.7 Å². The number of rotatable bonds is 9. The van der Waals surface area contributed by atoms with Crippen molar-refractivity contribution in [2.24, 2.45) is 0 Å². The standard InChI is InChI=1S/C32H35NO6/c1-7-39-23-14-12-21(13-15-23)29-28(30(34)25-17-24(19(2)3)27(38-6)16-20(25)4)31(35)32(36)33(29)18-22-10-8-9-11-26(22)37-5/h8-17,19,29,34H,7,18H2,1-6H3/b30-28+. The SMILES string of the molecule is CCOc1ccc(C2/C(=C(\O)c3cc(C(C)C)c(OC)cc3C)C(=O)C(=O)N2Cc2ccccc2OC)cc1. The molecule has 1 fully saturated rings. The fourth-order valence-electron chi connectivity index (χ4n) is 5.05. The molecule has 0 spiro atoms. The van der Waals surface area contributed by atoms with Gasteiger partial charge < -0.3 is 24.2 Å². The van der Waals surface area contributed by atoms with Crippen molar-refractivity contribution in [3.8, 4) is 17.2 Å². The third kappa shape index (κ3) is 5.35. The number of carbonyl (C=O) groups is 2. The van der Waals surface area contributed by atoms with Crippen LogP contribution in [0.2, 0.25) is 0 Å². The molecule has 204 valence electrons. The summed E-state index contributed by atoms with van der Waals surface area (Å²) in [4.78, 5) is 28.6. The number of benzene rings is 3. The van der Waals surface area contributed by atoms with Gasteiger partial charge in [0.15, 0.2) is 0 Å². The molecule has 0 radical (unpaired) electrons. The van der Waals surface area contributed by atoms with E-state index in [4.69, 9.17) is 14.2 Å². The minimum absolute atomic E-state index is 0.0435. The largest absolute Gasteiger partial charge is 0.507 e. The smallest absolute Gasteiger partial charge is 0.295 e. The summed E-state index contributed by atoms with van der Waals surface area (Å²) in [7, 11) is 3.17. The van der Waals surface area contributed by atoms with Gasteiger partial charge in [0.05, 0.1) is 39.0 Å². The van der Waals surface area contributed by atoms with E-state index in [1.165, 1.54) is 4.90 Å². The summed E-state index contributed by atoms with van der Waals surface area (Å²) >= 11 is 0. The Bertz CT molecular complexity index is 1410. The van der Waals surface area contributed by atoms with E-state index in [9.17, 15) is 14.7 Å². The van der Waals surface area contributed by atoms with Crippen molar-refractivity contribution in [1.82, 2.24) is 4.90 Å². The number of aliphatic hydroxyl groups excluding tert-OH is 1. The monoisotopic (exact) mass is 529 g/mol. The summed E-state index contributed by atoms with van der Waals surface area (Å²) in [6.45, 7) is 8.45. The molecule has 0 aliphatic carbocycles. The van der Waals surface area contributed by atoms with Gasteiger partial charge in [-0.1, -0.05) is 44.2 Å². The first-order valence-corrected chi connectivity index (χ1v) is 13.0. The molecule has 0 saturated carbocycles. The number of carbonyl (C=O) groups excluding carboxylic acids is 2. The lowest BCUT2D eigenvalue weighted by atomic mass is 9.91. The van der Waals surface area contributed by atoms with Gasteiger partial charge in [-0.3, -0.25) is 9.59 Å². The van der Waals surface area contributed by atoms with Crippen molar-refractivity contribution in [1.29, 1.82) is 0 Å². The molecule has 1 saturated heterocycles. The Balaban J connectivity index is 1.91. The number of nitrogens with zero attached hydrogens (tertiary/aromatic N) is 1. The van der Waals surface area contributed by atoms with E-state index in [0.717, 1.165) is 16.7 Å². The molecule has 1 amide bonds. The van der Waals surface area contributed by atoms with Gasteiger partial charge in [-0.05, 0) is 66.8 Å². The van der Waals surface area contributed by atoms with Crippen LogP contribution in [0.5, 0.6) is 17.2 Å². The highest BCUT2D eigenvalue weighted by Gasteiger charge is 2.46. The number of Topliss-reactive ketones (excluding diaryl/α,β-unsaturated/α-hetero) is 1. The van der Waals surface area contributed by atoms with Crippen LogP contribution in [-0.4, -0.2) is 42.5 Å². The molecule has 3 aromatic carbocycles. The Morgan fingerprint density at radius 3 is 2.26 bits per heavy atom. The Morgan fingerprint density at radius 1 is 0.974 bits per heavy atom. The Hall–Kier alpha value is -4.26. The normalized spacial score (nSPS) is 16.6. The zero-order valence-corrected chi connectivity index (χ0v) is 23.3. The zero-order valence-electron chi connectivity index (χ0n) is 23.3. The second kappa shape index (κ2) is 11.6. The highest BCUT2D eigenvalue weighted by Crippen LogP contribution is 2.43. The molecule has 3 aromatic rings. The summed E-state index contributed by atoms with van der Waals surface area (Å²) < 4.78 is 16.7. The molecule has 0 aromatic heterocycles. The topological polar surface area (TPSA) is 85.3 Å². The lowest BCUT2D eigenvalue weighted by Gasteiger charge is -2.26.